The number of pyridine rings is 1. The van der Waals surface area contributed by atoms with Gasteiger partial charge < -0.3 is 5.32 Å². The number of hydrogen-bond acceptors (Lipinski definition) is 3. The number of hydrogen-bond donors (Lipinski definition) is 2. The van der Waals surface area contributed by atoms with Crippen molar-refractivity contribution in [3.63, 3.8) is 0 Å². The molecule has 0 aliphatic rings. The fourth-order valence-electron chi connectivity index (χ4n) is 1.59. The summed E-state index contributed by atoms with van der Waals surface area (Å²) in [5, 5.41) is 10.2. The summed E-state index contributed by atoms with van der Waals surface area (Å²) < 4.78 is 12.8. The molecule has 2 aromatic rings. The minimum absolute atomic E-state index is 0.334. The van der Waals surface area contributed by atoms with Crippen LogP contribution in [-0.2, 0) is 6.54 Å². The number of nitrogens with zero attached hydrogens (tertiary/aromatic N) is 2. The van der Waals surface area contributed by atoms with Crippen molar-refractivity contribution in [2.75, 3.05) is 6.54 Å². The van der Waals surface area contributed by atoms with Crippen molar-refractivity contribution in [2.24, 2.45) is 0 Å². The lowest BCUT2D eigenvalue weighted by atomic mass is 10.2. The number of aromatic amines is 1. The van der Waals surface area contributed by atoms with E-state index >= 15 is 0 Å². The second-order valence-electron chi connectivity index (χ2n) is 3.81. The third-order valence-corrected chi connectivity index (χ3v) is 2.44. The van der Waals surface area contributed by atoms with Crippen LogP contribution in [-0.4, -0.2) is 21.7 Å². The van der Waals surface area contributed by atoms with Crippen LogP contribution in [0.2, 0.25) is 0 Å². The molecule has 17 heavy (non-hydrogen) atoms. The molecule has 0 amide bonds. The first kappa shape index (κ1) is 11.7. The molecule has 0 saturated heterocycles. The third-order valence-electron chi connectivity index (χ3n) is 2.44. The predicted molar refractivity (Wildman–Crippen MR) is 63.8 cm³/mol. The van der Waals surface area contributed by atoms with Gasteiger partial charge >= 0.3 is 0 Å². The first-order valence-electron chi connectivity index (χ1n) is 5.66. The van der Waals surface area contributed by atoms with Gasteiger partial charge in [0.25, 0.3) is 0 Å². The van der Waals surface area contributed by atoms with Crippen molar-refractivity contribution < 1.29 is 4.39 Å². The second kappa shape index (κ2) is 5.54. The smallest absolute Gasteiger partial charge is 0.141 e. The average Bonchev–Trinajstić information content (AvgIpc) is 2.79. The molecule has 0 radical (unpaired) electrons. The van der Waals surface area contributed by atoms with E-state index in [0.29, 0.717) is 5.69 Å². The number of H-pyrrole nitrogens is 1. The van der Waals surface area contributed by atoms with Gasteiger partial charge in [0, 0.05) is 12.1 Å². The molecule has 0 saturated carbocycles. The van der Waals surface area contributed by atoms with Gasteiger partial charge in [-0.15, -0.1) is 0 Å². The Morgan fingerprint density at radius 2 is 2.24 bits per heavy atom. The Bertz CT molecular complexity index is 464. The van der Waals surface area contributed by atoms with Crippen molar-refractivity contribution in [1.82, 2.24) is 20.5 Å². The summed E-state index contributed by atoms with van der Waals surface area (Å²) in [4.78, 5) is 4.04. The van der Waals surface area contributed by atoms with Gasteiger partial charge in [0.1, 0.15) is 5.82 Å². The quantitative estimate of drug-likeness (QED) is 0.779. The van der Waals surface area contributed by atoms with E-state index in [9.17, 15) is 4.39 Å². The maximum atomic E-state index is 12.8. The highest BCUT2D eigenvalue weighted by Crippen LogP contribution is 2.18. The lowest BCUT2D eigenvalue weighted by Crippen LogP contribution is -2.13. The van der Waals surface area contributed by atoms with Crippen LogP contribution < -0.4 is 5.32 Å². The van der Waals surface area contributed by atoms with E-state index in [1.165, 1.54) is 12.3 Å². The van der Waals surface area contributed by atoms with Gasteiger partial charge in [-0.05, 0) is 25.1 Å². The first-order chi connectivity index (χ1) is 8.31. The molecule has 0 spiro atoms. The first-order valence-corrected chi connectivity index (χ1v) is 5.66. The highest BCUT2D eigenvalue weighted by molar-refractivity contribution is 5.57. The zero-order valence-corrected chi connectivity index (χ0v) is 9.70. The summed E-state index contributed by atoms with van der Waals surface area (Å²) in [7, 11) is 0. The largest absolute Gasteiger partial charge is 0.313 e. The van der Waals surface area contributed by atoms with E-state index < -0.39 is 0 Å². The van der Waals surface area contributed by atoms with E-state index in [1.807, 2.05) is 0 Å². The molecule has 0 fully saturated rings. The zero-order valence-electron chi connectivity index (χ0n) is 9.70. The molecule has 0 aromatic carbocycles. The highest BCUT2D eigenvalue weighted by atomic mass is 19.1. The van der Waals surface area contributed by atoms with E-state index in [4.69, 9.17) is 0 Å². The van der Waals surface area contributed by atoms with Gasteiger partial charge in [-0.1, -0.05) is 6.92 Å². The van der Waals surface area contributed by atoms with Crippen molar-refractivity contribution >= 4 is 0 Å². The van der Waals surface area contributed by atoms with E-state index in [1.54, 1.807) is 12.3 Å². The lowest BCUT2D eigenvalue weighted by Gasteiger charge is -2.03. The maximum Gasteiger partial charge on any atom is 0.141 e. The SMILES string of the molecule is CCCNCc1cn[nH]c1-c1ccc(F)cn1. The zero-order chi connectivity index (χ0) is 12.1. The Kier molecular flexibility index (Phi) is 3.82. The monoisotopic (exact) mass is 234 g/mol. The summed E-state index contributed by atoms with van der Waals surface area (Å²) in [6.45, 7) is 3.81. The Hall–Kier alpha value is -1.75. The predicted octanol–water partition coefficient (Wildman–Crippen LogP) is 2.11. The van der Waals surface area contributed by atoms with Crippen molar-refractivity contribution in [3.05, 3.63) is 35.9 Å². The fraction of sp³-hybridized carbons (Fsp3) is 0.333. The normalized spacial score (nSPS) is 10.7. The second-order valence-corrected chi connectivity index (χ2v) is 3.81. The van der Waals surface area contributed by atoms with Crippen LogP contribution in [0.5, 0.6) is 0 Å². The van der Waals surface area contributed by atoms with E-state index in [0.717, 1.165) is 30.8 Å². The van der Waals surface area contributed by atoms with Crippen molar-refractivity contribution in [2.45, 2.75) is 19.9 Å². The molecule has 5 heteroatoms. The summed E-state index contributed by atoms with van der Waals surface area (Å²) >= 11 is 0. The minimum atomic E-state index is -0.334. The molecule has 0 aliphatic heterocycles. The number of aromatic nitrogens is 3. The van der Waals surface area contributed by atoms with Crippen molar-refractivity contribution in [1.29, 1.82) is 0 Å². The van der Waals surface area contributed by atoms with Crippen LogP contribution in [0, 0.1) is 5.82 Å². The van der Waals surface area contributed by atoms with Gasteiger partial charge in [-0.3, -0.25) is 10.1 Å². The molecule has 0 unspecified atom stereocenters. The van der Waals surface area contributed by atoms with E-state index in [-0.39, 0.29) is 5.82 Å². The topological polar surface area (TPSA) is 53.6 Å². The summed E-state index contributed by atoms with van der Waals surface area (Å²) in [6.07, 6.45) is 4.06. The molecule has 90 valence electrons. The van der Waals surface area contributed by atoms with Crippen LogP contribution >= 0.6 is 0 Å². The standard InChI is InChI=1S/C12H15FN4/c1-2-5-14-6-9-7-16-17-12(9)11-4-3-10(13)8-15-11/h3-4,7-8,14H,2,5-6H2,1H3,(H,16,17). The summed E-state index contributed by atoms with van der Waals surface area (Å²) in [5.41, 5.74) is 2.59. The Morgan fingerprint density at radius 3 is 2.94 bits per heavy atom. The molecule has 2 heterocycles. The molecule has 0 atom stereocenters. The van der Waals surface area contributed by atoms with Gasteiger partial charge in [0.2, 0.25) is 0 Å². The Balaban J connectivity index is 2.15. The Labute approximate surface area is 99.3 Å². The maximum absolute atomic E-state index is 12.8. The average molecular weight is 234 g/mol. The summed E-state index contributed by atoms with van der Waals surface area (Å²) in [6, 6.07) is 3.04. The fourth-order valence-corrected chi connectivity index (χ4v) is 1.59. The molecule has 0 aliphatic carbocycles. The summed E-state index contributed by atoms with van der Waals surface area (Å²) in [5.74, 6) is -0.334. The van der Waals surface area contributed by atoms with Crippen LogP contribution in [0.3, 0.4) is 0 Å². The molecule has 4 nitrogen and oxygen atoms in total. The van der Waals surface area contributed by atoms with Gasteiger partial charge in [-0.2, -0.15) is 5.10 Å². The molecule has 2 aromatic heterocycles. The van der Waals surface area contributed by atoms with Gasteiger partial charge in [0.05, 0.1) is 23.8 Å². The molecular weight excluding hydrogens is 219 g/mol. The van der Waals surface area contributed by atoms with Crippen LogP contribution in [0.1, 0.15) is 18.9 Å². The Morgan fingerprint density at radius 1 is 1.35 bits per heavy atom. The minimum Gasteiger partial charge on any atom is -0.313 e. The number of rotatable bonds is 5. The number of nitrogens with one attached hydrogen (secondary N) is 2. The number of halogens is 1. The molecule has 2 rings (SSSR count). The third kappa shape index (κ3) is 2.88. The van der Waals surface area contributed by atoms with Crippen molar-refractivity contribution in [3.8, 4) is 11.4 Å². The van der Waals surface area contributed by atoms with Crippen LogP contribution in [0.25, 0.3) is 11.4 Å². The molecular formula is C12H15FN4. The lowest BCUT2D eigenvalue weighted by molar-refractivity contribution is 0.621. The van der Waals surface area contributed by atoms with E-state index in [2.05, 4.69) is 27.4 Å². The van der Waals surface area contributed by atoms with Crippen LogP contribution in [0.4, 0.5) is 4.39 Å². The molecule has 0 bridgehead atoms. The van der Waals surface area contributed by atoms with Gasteiger partial charge in [0.15, 0.2) is 0 Å². The van der Waals surface area contributed by atoms with Crippen LogP contribution in [0.15, 0.2) is 24.5 Å². The molecule has 2 N–H and O–H groups in total. The highest BCUT2D eigenvalue weighted by Gasteiger charge is 2.08. The van der Waals surface area contributed by atoms with Gasteiger partial charge in [-0.25, -0.2) is 4.39 Å².